The number of pyridine rings is 1. The van der Waals surface area contributed by atoms with Crippen molar-refractivity contribution in [2.75, 3.05) is 5.75 Å². The first kappa shape index (κ1) is 12.6. The van der Waals surface area contributed by atoms with Gasteiger partial charge in [-0.05, 0) is 47.4 Å². The smallest absolute Gasteiger partial charge is 0.209 e. The minimum atomic E-state index is 0.512. The lowest BCUT2D eigenvalue weighted by Crippen LogP contribution is -2.08. The van der Waals surface area contributed by atoms with Crippen LogP contribution in [0.15, 0.2) is 29.7 Å². The van der Waals surface area contributed by atoms with Crippen molar-refractivity contribution in [2.45, 2.75) is 43.3 Å². The van der Waals surface area contributed by atoms with Crippen LogP contribution in [0.1, 0.15) is 37.3 Å². The number of rotatable bonds is 5. The van der Waals surface area contributed by atoms with Gasteiger partial charge < -0.3 is 0 Å². The van der Waals surface area contributed by atoms with Crippen molar-refractivity contribution >= 4 is 11.8 Å². The van der Waals surface area contributed by atoms with Crippen LogP contribution < -0.4 is 0 Å². The zero-order chi connectivity index (χ0) is 12.9. The third kappa shape index (κ3) is 3.12. The van der Waals surface area contributed by atoms with Gasteiger partial charge in [-0.1, -0.05) is 24.6 Å². The van der Waals surface area contributed by atoms with Crippen molar-refractivity contribution in [2.24, 2.45) is 0 Å². The van der Waals surface area contributed by atoms with Crippen LogP contribution in [0.5, 0.6) is 0 Å². The van der Waals surface area contributed by atoms with Gasteiger partial charge in [0.05, 0.1) is 6.04 Å². The average molecular weight is 275 g/mol. The number of nitrogens with zero attached hydrogens (tertiary/aromatic N) is 5. The van der Waals surface area contributed by atoms with Crippen LogP contribution in [-0.4, -0.2) is 30.9 Å². The lowest BCUT2D eigenvalue weighted by Gasteiger charge is -2.10. The lowest BCUT2D eigenvalue weighted by atomic mass is 10.2. The van der Waals surface area contributed by atoms with E-state index in [1.54, 1.807) is 11.8 Å². The second kappa shape index (κ2) is 6.14. The maximum atomic E-state index is 4.15. The summed E-state index contributed by atoms with van der Waals surface area (Å²) < 4.78 is 2.02. The summed E-state index contributed by atoms with van der Waals surface area (Å²) in [5.74, 6) is 0.997. The van der Waals surface area contributed by atoms with E-state index in [0.717, 1.165) is 17.3 Å². The molecule has 2 heterocycles. The molecular formula is C13H17N5S. The molecule has 5 nitrogen and oxygen atoms in total. The highest BCUT2D eigenvalue weighted by Gasteiger charge is 2.21. The Bertz CT molecular complexity index is 507. The molecule has 6 heteroatoms. The van der Waals surface area contributed by atoms with E-state index < -0.39 is 0 Å². The Morgan fingerprint density at radius 2 is 2.00 bits per heavy atom. The van der Waals surface area contributed by atoms with E-state index in [1.807, 2.05) is 17.1 Å². The van der Waals surface area contributed by atoms with Crippen molar-refractivity contribution < 1.29 is 0 Å². The molecule has 19 heavy (non-hydrogen) atoms. The van der Waals surface area contributed by atoms with Gasteiger partial charge in [-0.2, -0.15) is 0 Å². The van der Waals surface area contributed by atoms with Gasteiger partial charge in [0.1, 0.15) is 0 Å². The van der Waals surface area contributed by atoms with Gasteiger partial charge in [0, 0.05) is 18.1 Å². The first-order chi connectivity index (χ1) is 9.43. The molecule has 0 unspecified atom stereocenters. The number of hydrogen-bond donors (Lipinski definition) is 0. The zero-order valence-electron chi connectivity index (χ0n) is 10.8. The highest BCUT2D eigenvalue weighted by molar-refractivity contribution is 7.99. The Morgan fingerprint density at radius 3 is 2.79 bits per heavy atom. The zero-order valence-corrected chi connectivity index (χ0v) is 11.6. The summed E-state index contributed by atoms with van der Waals surface area (Å²) in [4.78, 5) is 4.03. The van der Waals surface area contributed by atoms with E-state index in [4.69, 9.17) is 0 Å². The van der Waals surface area contributed by atoms with E-state index in [1.165, 1.54) is 31.2 Å². The largest absolute Gasteiger partial charge is 0.265 e. The van der Waals surface area contributed by atoms with E-state index in [-0.39, 0.29) is 0 Å². The molecule has 0 atom stereocenters. The molecule has 0 amide bonds. The number of hydrogen-bond acceptors (Lipinski definition) is 5. The molecule has 0 radical (unpaired) electrons. The molecule has 0 aliphatic heterocycles. The van der Waals surface area contributed by atoms with Crippen LogP contribution in [0.3, 0.4) is 0 Å². The monoisotopic (exact) mass is 275 g/mol. The summed E-state index contributed by atoms with van der Waals surface area (Å²) in [5, 5.41) is 13.1. The number of aromatic nitrogens is 5. The Kier molecular flexibility index (Phi) is 4.07. The summed E-state index contributed by atoms with van der Waals surface area (Å²) in [6.45, 7) is 0. The first-order valence-electron chi connectivity index (χ1n) is 6.73. The van der Waals surface area contributed by atoms with E-state index >= 15 is 0 Å². The van der Waals surface area contributed by atoms with E-state index in [0.29, 0.717) is 6.04 Å². The minimum Gasteiger partial charge on any atom is -0.265 e. The molecule has 1 fully saturated rings. The predicted molar refractivity (Wildman–Crippen MR) is 74.0 cm³/mol. The quantitative estimate of drug-likeness (QED) is 0.785. The van der Waals surface area contributed by atoms with Crippen LogP contribution in [0.25, 0.3) is 0 Å². The highest BCUT2D eigenvalue weighted by Crippen LogP contribution is 2.31. The third-order valence-corrected chi connectivity index (χ3v) is 4.44. The molecular weight excluding hydrogens is 258 g/mol. The number of aryl methyl sites for hydroxylation is 1. The summed E-state index contributed by atoms with van der Waals surface area (Å²) in [5.41, 5.74) is 1.31. The molecule has 2 aromatic heterocycles. The molecule has 0 saturated heterocycles. The summed E-state index contributed by atoms with van der Waals surface area (Å²) in [6, 6.07) is 4.62. The van der Waals surface area contributed by atoms with Crippen LogP contribution >= 0.6 is 11.8 Å². The fourth-order valence-electron chi connectivity index (χ4n) is 2.47. The third-order valence-electron chi connectivity index (χ3n) is 3.50. The average Bonchev–Trinajstić information content (AvgIpc) is 3.10. The predicted octanol–water partition coefficient (Wildman–Crippen LogP) is 2.52. The van der Waals surface area contributed by atoms with E-state index in [2.05, 4.69) is 32.6 Å². The molecule has 0 N–H and O–H groups in total. The standard InChI is InChI=1S/C13H17N5S/c1-2-4-12(3-1)18-13(15-16-17-18)19-10-7-11-5-8-14-9-6-11/h5-6,8-9,12H,1-4,7,10H2. The van der Waals surface area contributed by atoms with Crippen molar-refractivity contribution in [1.29, 1.82) is 0 Å². The maximum Gasteiger partial charge on any atom is 0.209 e. The number of tetrazole rings is 1. The van der Waals surface area contributed by atoms with Crippen LogP contribution in [-0.2, 0) is 6.42 Å². The molecule has 1 aliphatic carbocycles. The molecule has 100 valence electrons. The fraction of sp³-hybridized carbons (Fsp3) is 0.538. The molecule has 0 spiro atoms. The molecule has 3 rings (SSSR count). The second-order valence-electron chi connectivity index (χ2n) is 4.80. The van der Waals surface area contributed by atoms with Crippen molar-refractivity contribution in [3.8, 4) is 0 Å². The Balaban J connectivity index is 1.57. The van der Waals surface area contributed by atoms with Gasteiger partial charge in [-0.15, -0.1) is 5.10 Å². The maximum absolute atomic E-state index is 4.15. The summed E-state index contributed by atoms with van der Waals surface area (Å²) in [7, 11) is 0. The lowest BCUT2D eigenvalue weighted by molar-refractivity contribution is 0.423. The van der Waals surface area contributed by atoms with Crippen LogP contribution in [0.4, 0.5) is 0 Å². The molecule has 1 aliphatic rings. The van der Waals surface area contributed by atoms with Crippen LogP contribution in [0.2, 0.25) is 0 Å². The van der Waals surface area contributed by atoms with Crippen LogP contribution in [0, 0.1) is 0 Å². The van der Waals surface area contributed by atoms with Crippen molar-refractivity contribution in [3.63, 3.8) is 0 Å². The molecule has 1 saturated carbocycles. The summed E-state index contributed by atoms with van der Waals surface area (Å²) in [6.07, 6.45) is 9.71. The SMILES string of the molecule is c1cc(CCSc2nnnn2C2CCCC2)ccn1. The normalized spacial score (nSPS) is 16.0. The first-order valence-corrected chi connectivity index (χ1v) is 7.71. The topological polar surface area (TPSA) is 56.5 Å². The molecule has 0 bridgehead atoms. The van der Waals surface area contributed by atoms with Crippen molar-refractivity contribution in [1.82, 2.24) is 25.2 Å². The highest BCUT2D eigenvalue weighted by atomic mass is 32.2. The Morgan fingerprint density at radius 1 is 1.21 bits per heavy atom. The van der Waals surface area contributed by atoms with Gasteiger partial charge in [-0.3, -0.25) is 4.98 Å². The Hall–Kier alpha value is -1.43. The van der Waals surface area contributed by atoms with Gasteiger partial charge in [0.25, 0.3) is 0 Å². The van der Waals surface area contributed by atoms with Gasteiger partial charge in [-0.25, -0.2) is 4.68 Å². The van der Waals surface area contributed by atoms with Gasteiger partial charge in [0.2, 0.25) is 5.16 Å². The van der Waals surface area contributed by atoms with Gasteiger partial charge in [0.15, 0.2) is 0 Å². The molecule has 0 aromatic carbocycles. The van der Waals surface area contributed by atoms with Gasteiger partial charge >= 0.3 is 0 Å². The fourth-order valence-corrected chi connectivity index (χ4v) is 3.40. The van der Waals surface area contributed by atoms with E-state index in [9.17, 15) is 0 Å². The minimum absolute atomic E-state index is 0.512. The second-order valence-corrected chi connectivity index (χ2v) is 5.86. The summed E-state index contributed by atoms with van der Waals surface area (Å²) >= 11 is 1.74. The Labute approximate surface area is 116 Å². The van der Waals surface area contributed by atoms with Crippen molar-refractivity contribution in [3.05, 3.63) is 30.1 Å². The molecule has 2 aromatic rings. The number of thioether (sulfide) groups is 1.